The van der Waals surface area contributed by atoms with Gasteiger partial charge in [-0.15, -0.1) is 0 Å². The number of carbonyl (C=O) groups is 1. The predicted molar refractivity (Wildman–Crippen MR) is 100 cm³/mol. The first kappa shape index (κ1) is 17.3. The Hall–Kier alpha value is -0.830. The molecule has 26 heavy (non-hydrogen) atoms. The highest BCUT2D eigenvalue weighted by molar-refractivity contribution is 5.85. The fourth-order valence-electron chi connectivity index (χ4n) is 8.43. The van der Waals surface area contributed by atoms with Gasteiger partial charge in [0.05, 0.1) is 6.10 Å². The van der Waals surface area contributed by atoms with E-state index in [4.69, 9.17) is 4.74 Å². The van der Waals surface area contributed by atoms with Crippen molar-refractivity contribution in [2.45, 2.75) is 77.7 Å². The first-order valence-corrected chi connectivity index (χ1v) is 11.0. The molecule has 0 amide bonds. The van der Waals surface area contributed by atoms with Crippen LogP contribution in [-0.4, -0.2) is 23.8 Å². The van der Waals surface area contributed by atoms with Gasteiger partial charge in [-0.3, -0.25) is 0 Å². The van der Waals surface area contributed by atoms with Gasteiger partial charge in [-0.05, 0) is 104 Å². The second-order valence-corrected chi connectivity index (χ2v) is 10.6. The molecule has 0 saturated heterocycles. The van der Waals surface area contributed by atoms with E-state index in [1.54, 1.807) is 6.08 Å². The molecule has 4 aliphatic carbocycles. The van der Waals surface area contributed by atoms with Crippen LogP contribution < -0.4 is 0 Å². The standard InChI is InChI=1S/C23H34O3/c1-22-9-7-16(24)12-15(22)3-4-17-19-6-5-18(14-11-21(25)26-13-14)23(19,2)10-8-20(17)22/h11,15-20,24H,3-10,12-13H2,1-2H3/t15?,16?,17-,18+,19-,20-,22-,23+/m0/s1. The number of cyclic esters (lactones) is 1. The molecule has 0 spiro atoms. The Morgan fingerprint density at radius 1 is 1.00 bits per heavy atom. The topological polar surface area (TPSA) is 46.5 Å². The molecule has 1 heterocycles. The Bertz CT molecular complexity index is 639. The summed E-state index contributed by atoms with van der Waals surface area (Å²) in [6.45, 7) is 5.62. The van der Waals surface area contributed by atoms with Gasteiger partial charge in [0.15, 0.2) is 0 Å². The molecule has 1 aliphatic heterocycles. The quantitative estimate of drug-likeness (QED) is 0.703. The first-order valence-electron chi connectivity index (χ1n) is 11.0. The second-order valence-electron chi connectivity index (χ2n) is 10.6. The minimum absolute atomic E-state index is 0.0545. The Morgan fingerprint density at radius 2 is 1.77 bits per heavy atom. The molecule has 3 heteroatoms. The molecular formula is C23H34O3. The van der Waals surface area contributed by atoms with Crippen LogP contribution in [0.15, 0.2) is 11.6 Å². The van der Waals surface area contributed by atoms with E-state index in [-0.39, 0.29) is 12.1 Å². The average molecular weight is 359 g/mol. The largest absolute Gasteiger partial charge is 0.458 e. The van der Waals surface area contributed by atoms with Crippen molar-refractivity contribution in [1.82, 2.24) is 0 Å². The van der Waals surface area contributed by atoms with Crippen LogP contribution >= 0.6 is 0 Å². The minimum atomic E-state index is -0.130. The van der Waals surface area contributed by atoms with E-state index in [9.17, 15) is 9.90 Å². The zero-order valence-electron chi connectivity index (χ0n) is 16.4. The lowest BCUT2D eigenvalue weighted by molar-refractivity contribution is -0.135. The van der Waals surface area contributed by atoms with E-state index >= 15 is 0 Å². The lowest BCUT2D eigenvalue weighted by atomic mass is 9.44. The van der Waals surface area contributed by atoms with Gasteiger partial charge in [-0.1, -0.05) is 13.8 Å². The lowest BCUT2D eigenvalue weighted by Crippen LogP contribution is -2.54. The van der Waals surface area contributed by atoms with E-state index < -0.39 is 0 Å². The Labute approximate surface area is 157 Å². The first-order chi connectivity index (χ1) is 12.4. The maximum absolute atomic E-state index is 11.6. The molecule has 5 rings (SSSR count). The fraction of sp³-hybridized carbons (Fsp3) is 0.870. The highest BCUT2D eigenvalue weighted by Gasteiger charge is 2.60. The molecule has 0 radical (unpaired) electrons. The van der Waals surface area contributed by atoms with Crippen molar-refractivity contribution in [3.63, 3.8) is 0 Å². The van der Waals surface area contributed by atoms with Gasteiger partial charge in [-0.2, -0.15) is 0 Å². The molecule has 2 unspecified atom stereocenters. The molecular weight excluding hydrogens is 324 g/mol. The average Bonchev–Trinajstić information content (AvgIpc) is 3.18. The van der Waals surface area contributed by atoms with Crippen LogP contribution in [0, 0.1) is 40.4 Å². The number of aliphatic hydroxyl groups is 1. The summed E-state index contributed by atoms with van der Waals surface area (Å²) < 4.78 is 5.25. The molecule has 0 bridgehead atoms. The number of fused-ring (bicyclic) bond motifs is 5. The third-order valence-corrected chi connectivity index (χ3v) is 9.77. The van der Waals surface area contributed by atoms with Crippen molar-refractivity contribution >= 4 is 5.97 Å². The summed E-state index contributed by atoms with van der Waals surface area (Å²) in [4.78, 5) is 11.6. The summed E-state index contributed by atoms with van der Waals surface area (Å²) in [7, 11) is 0. The summed E-state index contributed by atoms with van der Waals surface area (Å²) in [5.74, 6) is 3.67. The summed E-state index contributed by atoms with van der Waals surface area (Å²) >= 11 is 0. The summed E-state index contributed by atoms with van der Waals surface area (Å²) in [5.41, 5.74) is 2.09. The van der Waals surface area contributed by atoms with Gasteiger partial charge in [0.1, 0.15) is 6.61 Å². The number of rotatable bonds is 1. The van der Waals surface area contributed by atoms with E-state index in [1.807, 2.05) is 0 Å². The van der Waals surface area contributed by atoms with Gasteiger partial charge in [0.25, 0.3) is 0 Å². The Kier molecular flexibility index (Phi) is 3.88. The van der Waals surface area contributed by atoms with Crippen LogP contribution in [0.1, 0.15) is 71.6 Å². The zero-order valence-corrected chi connectivity index (χ0v) is 16.4. The molecule has 0 aromatic carbocycles. The van der Waals surface area contributed by atoms with Crippen LogP contribution in [0.2, 0.25) is 0 Å². The van der Waals surface area contributed by atoms with Crippen LogP contribution in [-0.2, 0) is 9.53 Å². The van der Waals surface area contributed by atoms with E-state index in [2.05, 4.69) is 13.8 Å². The van der Waals surface area contributed by atoms with Crippen molar-refractivity contribution in [1.29, 1.82) is 0 Å². The number of aliphatic hydroxyl groups excluding tert-OH is 1. The van der Waals surface area contributed by atoms with Gasteiger partial charge in [0, 0.05) is 6.08 Å². The van der Waals surface area contributed by atoms with Crippen LogP contribution in [0.25, 0.3) is 0 Å². The van der Waals surface area contributed by atoms with Crippen LogP contribution in [0.5, 0.6) is 0 Å². The Balaban J connectivity index is 1.41. The highest BCUT2D eigenvalue weighted by Crippen LogP contribution is 2.68. The predicted octanol–water partition coefficient (Wildman–Crippen LogP) is 4.49. The maximum atomic E-state index is 11.6. The molecule has 1 N–H and O–H groups in total. The summed E-state index contributed by atoms with van der Waals surface area (Å²) in [6.07, 6.45) is 12.9. The van der Waals surface area contributed by atoms with Gasteiger partial charge in [0.2, 0.25) is 0 Å². The number of esters is 1. The summed E-state index contributed by atoms with van der Waals surface area (Å²) in [5, 5.41) is 10.2. The van der Waals surface area contributed by atoms with E-state index in [0.717, 1.165) is 36.5 Å². The number of hydrogen-bond acceptors (Lipinski definition) is 3. The van der Waals surface area contributed by atoms with Crippen molar-refractivity contribution in [2.75, 3.05) is 6.61 Å². The molecule has 8 atom stereocenters. The van der Waals surface area contributed by atoms with E-state index in [1.165, 1.54) is 50.5 Å². The lowest BCUT2D eigenvalue weighted by Gasteiger charge is -2.61. The fourth-order valence-corrected chi connectivity index (χ4v) is 8.43. The molecule has 3 nitrogen and oxygen atoms in total. The van der Waals surface area contributed by atoms with Gasteiger partial charge >= 0.3 is 5.97 Å². The van der Waals surface area contributed by atoms with E-state index in [0.29, 0.717) is 23.4 Å². The molecule has 4 fully saturated rings. The number of carbonyl (C=O) groups excluding carboxylic acids is 1. The summed E-state index contributed by atoms with van der Waals surface area (Å²) in [6, 6.07) is 0. The number of hydrogen-bond donors (Lipinski definition) is 1. The van der Waals surface area contributed by atoms with Gasteiger partial charge < -0.3 is 9.84 Å². The SMILES string of the molecule is C[C@]12CC[C@H]3[C@@H](CCC4CC(O)CC[C@@]43C)[C@@H]1CC[C@@H]2C1=CC(=O)OC1. The zero-order chi connectivity index (χ0) is 18.1. The number of ether oxygens (including phenoxy) is 1. The molecule has 144 valence electrons. The van der Waals surface area contributed by atoms with Crippen molar-refractivity contribution in [3.8, 4) is 0 Å². The second kappa shape index (κ2) is 5.83. The van der Waals surface area contributed by atoms with Crippen molar-refractivity contribution in [2.24, 2.45) is 40.4 Å². The highest BCUT2D eigenvalue weighted by atomic mass is 16.5. The molecule has 5 aliphatic rings. The third kappa shape index (κ3) is 2.31. The van der Waals surface area contributed by atoms with Crippen molar-refractivity contribution < 1.29 is 14.6 Å². The molecule has 4 saturated carbocycles. The monoisotopic (exact) mass is 358 g/mol. The molecule has 0 aromatic heterocycles. The maximum Gasteiger partial charge on any atom is 0.331 e. The smallest absolute Gasteiger partial charge is 0.331 e. The Morgan fingerprint density at radius 3 is 2.54 bits per heavy atom. The van der Waals surface area contributed by atoms with Crippen molar-refractivity contribution in [3.05, 3.63) is 11.6 Å². The minimum Gasteiger partial charge on any atom is -0.458 e. The van der Waals surface area contributed by atoms with Gasteiger partial charge in [-0.25, -0.2) is 4.79 Å². The van der Waals surface area contributed by atoms with Crippen LogP contribution in [0.4, 0.5) is 0 Å². The third-order valence-electron chi connectivity index (χ3n) is 9.77. The molecule has 0 aromatic rings. The normalized spacial score (nSPS) is 53.3. The van der Waals surface area contributed by atoms with Crippen LogP contribution in [0.3, 0.4) is 0 Å².